The van der Waals surface area contributed by atoms with Gasteiger partial charge in [-0.2, -0.15) is 0 Å². The molecule has 2 heterocycles. The van der Waals surface area contributed by atoms with E-state index in [4.69, 9.17) is 19.7 Å². The van der Waals surface area contributed by atoms with Crippen LogP contribution < -0.4 is 11.4 Å². The third kappa shape index (κ3) is 9.38. The summed E-state index contributed by atoms with van der Waals surface area (Å²) in [6.45, 7) is 4.71. The average molecular weight is 604 g/mol. The molecule has 1 saturated heterocycles. The van der Waals surface area contributed by atoms with Crippen molar-refractivity contribution in [2.75, 3.05) is 73.4 Å². The monoisotopic (exact) mass is 603 g/mol. The van der Waals surface area contributed by atoms with E-state index in [0.717, 1.165) is 0 Å². The summed E-state index contributed by atoms with van der Waals surface area (Å²) in [6, 6.07) is 2.63. The Kier molecular flexibility index (Phi) is 12.7. The van der Waals surface area contributed by atoms with Crippen LogP contribution in [0.2, 0.25) is 0 Å². The molecule has 0 spiro atoms. The fourth-order valence-electron chi connectivity index (χ4n) is 4.53. The number of aromatic amines is 1. The maximum Gasteiger partial charge on any atom is 0.419 e. The zero-order valence-corrected chi connectivity index (χ0v) is 24.5. The van der Waals surface area contributed by atoms with Gasteiger partial charge >= 0.3 is 11.4 Å². The number of benzene rings is 1. The summed E-state index contributed by atoms with van der Waals surface area (Å²) < 4.78 is 21.0. The summed E-state index contributed by atoms with van der Waals surface area (Å²) >= 11 is 0. The van der Waals surface area contributed by atoms with Gasteiger partial charge in [0.2, 0.25) is 11.8 Å². The molecule has 1 aliphatic heterocycles. The lowest BCUT2D eigenvalue weighted by Crippen LogP contribution is -2.47. The molecule has 1 fully saturated rings. The predicted octanol–water partition coefficient (Wildman–Crippen LogP) is 0.751. The molecule has 43 heavy (non-hydrogen) atoms. The number of likely N-dealkylation sites (N-methyl/N-ethyl adjacent to an activating group) is 2. The molecule has 0 saturated carbocycles. The standard InChI is InChI=1S/C27H37N7O9/c1-4-23(35)32(2)7-9-40-11-13-42-14-12-41-10-8-33(3)25(37)22-16-19(30-31-28)17-34(22)24(36)18-5-6-20-21(15-18)29-27(39)43-26(20)38/h5-6,15,19,22H,4,7-14,16-17H2,1-3H3,(H,29,39)/t19-,22-/m0/s1. The van der Waals surface area contributed by atoms with E-state index in [1.54, 1.807) is 19.0 Å². The van der Waals surface area contributed by atoms with Gasteiger partial charge in [0.1, 0.15) is 6.04 Å². The number of nitrogens with zero attached hydrogens (tertiary/aromatic N) is 6. The van der Waals surface area contributed by atoms with E-state index in [9.17, 15) is 24.0 Å². The van der Waals surface area contributed by atoms with Gasteiger partial charge in [0, 0.05) is 50.6 Å². The van der Waals surface area contributed by atoms with Crippen LogP contribution in [-0.4, -0.2) is 123 Å². The van der Waals surface area contributed by atoms with E-state index < -0.39 is 29.4 Å². The molecule has 2 aromatic rings. The number of H-pyrrole nitrogens is 1. The Balaban J connectivity index is 1.45. The molecule has 1 aliphatic rings. The largest absolute Gasteiger partial charge is 0.419 e. The number of likely N-dealkylation sites (tertiary alicyclic amines) is 1. The molecular weight excluding hydrogens is 566 g/mol. The highest BCUT2D eigenvalue weighted by Gasteiger charge is 2.40. The maximum atomic E-state index is 13.4. The molecule has 3 amide bonds. The Morgan fingerprint density at radius 1 is 1.05 bits per heavy atom. The van der Waals surface area contributed by atoms with E-state index in [1.807, 2.05) is 6.92 Å². The van der Waals surface area contributed by atoms with Crippen LogP contribution in [0.4, 0.5) is 0 Å². The van der Waals surface area contributed by atoms with E-state index in [-0.39, 0.29) is 54.4 Å². The summed E-state index contributed by atoms with van der Waals surface area (Å²) in [5.41, 5.74) is 8.35. The summed E-state index contributed by atoms with van der Waals surface area (Å²) in [5, 5.41) is 3.81. The van der Waals surface area contributed by atoms with Gasteiger partial charge in [0.05, 0.1) is 56.6 Å². The highest BCUT2D eigenvalue weighted by atomic mass is 16.5. The van der Waals surface area contributed by atoms with Gasteiger partial charge in [-0.3, -0.25) is 19.4 Å². The lowest BCUT2D eigenvalue weighted by Gasteiger charge is -2.28. The Bertz CT molecular complexity index is 1440. The van der Waals surface area contributed by atoms with E-state index in [0.29, 0.717) is 46.0 Å². The number of hydrogen-bond donors (Lipinski definition) is 1. The van der Waals surface area contributed by atoms with Gasteiger partial charge in [-0.1, -0.05) is 12.0 Å². The lowest BCUT2D eigenvalue weighted by atomic mass is 10.1. The van der Waals surface area contributed by atoms with E-state index in [1.165, 1.54) is 28.0 Å². The highest BCUT2D eigenvalue weighted by molar-refractivity contribution is 6.00. The minimum atomic E-state index is -0.954. The van der Waals surface area contributed by atoms with Crippen molar-refractivity contribution in [1.82, 2.24) is 19.7 Å². The molecule has 2 atom stereocenters. The van der Waals surface area contributed by atoms with Crippen molar-refractivity contribution < 1.29 is 33.0 Å². The summed E-state index contributed by atoms with van der Waals surface area (Å²) in [7, 11) is 3.33. The van der Waals surface area contributed by atoms with Crippen molar-refractivity contribution in [3.05, 3.63) is 55.2 Å². The van der Waals surface area contributed by atoms with Crippen LogP contribution in [0.1, 0.15) is 30.1 Å². The lowest BCUT2D eigenvalue weighted by molar-refractivity contribution is -0.134. The number of nitrogens with one attached hydrogen (secondary N) is 1. The van der Waals surface area contributed by atoms with Crippen molar-refractivity contribution in [2.24, 2.45) is 5.11 Å². The smallest absolute Gasteiger partial charge is 0.377 e. The number of azide groups is 1. The normalized spacial score (nSPS) is 16.2. The third-order valence-corrected chi connectivity index (χ3v) is 6.94. The number of amides is 3. The zero-order chi connectivity index (χ0) is 31.4. The van der Waals surface area contributed by atoms with Crippen LogP contribution >= 0.6 is 0 Å². The second-order valence-corrected chi connectivity index (χ2v) is 9.90. The van der Waals surface area contributed by atoms with Crippen LogP contribution in [0.15, 0.2) is 37.3 Å². The van der Waals surface area contributed by atoms with Crippen molar-refractivity contribution in [1.29, 1.82) is 0 Å². The number of ether oxygens (including phenoxy) is 3. The van der Waals surface area contributed by atoms with Gasteiger partial charge in [-0.15, -0.1) is 0 Å². The number of fused-ring (bicyclic) bond motifs is 1. The number of carbonyl (C=O) groups excluding carboxylic acids is 3. The molecule has 0 unspecified atom stereocenters. The molecule has 16 heteroatoms. The molecule has 1 aromatic carbocycles. The molecular formula is C27H37N7O9. The molecule has 0 aliphatic carbocycles. The molecule has 1 aromatic heterocycles. The number of hydrogen-bond acceptors (Lipinski definition) is 10. The Hall–Kier alpha value is -4.24. The molecule has 16 nitrogen and oxygen atoms in total. The first kappa shape index (κ1) is 33.3. The van der Waals surface area contributed by atoms with Crippen molar-refractivity contribution in [2.45, 2.75) is 31.8 Å². The summed E-state index contributed by atoms with van der Waals surface area (Å²) in [6.07, 6.45) is 0.606. The van der Waals surface area contributed by atoms with E-state index >= 15 is 0 Å². The summed E-state index contributed by atoms with van der Waals surface area (Å²) in [5.74, 6) is -1.75. The zero-order valence-electron chi connectivity index (χ0n) is 24.5. The van der Waals surface area contributed by atoms with Gasteiger partial charge < -0.3 is 33.3 Å². The molecule has 0 radical (unpaired) electrons. The van der Waals surface area contributed by atoms with Gasteiger partial charge in [-0.25, -0.2) is 9.59 Å². The first-order valence-electron chi connectivity index (χ1n) is 13.9. The number of aromatic nitrogens is 1. The van der Waals surface area contributed by atoms with Crippen molar-refractivity contribution >= 4 is 28.6 Å². The fourth-order valence-corrected chi connectivity index (χ4v) is 4.53. The van der Waals surface area contributed by atoms with Gasteiger partial charge in [0.15, 0.2) is 0 Å². The van der Waals surface area contributed by atoms with Crippen LogP contribution in [0.5, 0.6) is 0 Å². The Labute approximate surface area is 247 Å². The topological polar surface area (TPSA) is 200 Å². The fraction of sp³-hybridized carbons (Fsp3) is 0.593. The quantitative estimate of drug-likeness (QED) is 0.124. The van der Waals surface area contributed by atoms with Gasteiger partial charge in [0.25, 0.3) is 5.91 Å². The molecule has 234 valence electrons. The van der Waals surface area contributed by atoms with Crippen LogP contribution in [0.25, 0.3) is 21.3 Å². The predicted molar refractivity (Wildman–Crippen MR) is 154 cm³/mol. The third-order valence-electron chi connectivity index (χ3n) is 6.94. The first-order valence-corrected chi connectivity index (χ1v) is 13.9. The first-order chi connectivity index (χ1) is 20.7. The second-order valence-electron chi connectivity index (χ2n) is 9.90. The van der Waals surface area contributed by atoms with Crippen molar-refractivity contribution in [3.63, 3.8) is 0 Å². The molecule has 1 N–H and O–H groups in total. The minimum absolute atomic E-state index is 0.0315. The van der Waals surface area contributed by atoms with Gasteiger partial charge in [-0.05, 0) is 30.2 Å². The Morgan fingerprint density at radius 2 is 1.67 bits per heavy atom. The number of rotatable bonds is 16. The second kappa shape index (κ2) is 16.4. The van der Waals surface area contributed by atoms with Crippen LogP contribution in [0.3, 0.4) is 0 Å². The highest BCUT2D eigenvalue weighted by Crippen LogP contribution is 2.25. The minimum Gasteiger partial charge on any atom is -0.377 e. The van der Waals surface area contributed by atoms with Crippen LogP contribution in [0, 0.1) is 0 Å². The Morgan fingerprint density at radius 3 is 2.30 bits per heavy atom. The average Bonchev–Trinajstić information content (AvgIpc) is 3.41. The maximum absolute atomic E-state index is 13.4. The molecule has 0 bridgehead atoms. The SMILES string of the molecule is CCC(=O)N(C)CCOCCOCCOCCN(C)C(=O)[C@@H]1C[C@H](N=[N+]=[N-])CN1C(=O)c1ccc2c(=O)oc(=O)[nH]c2c1. The van der Waals surface area contributed by atoms with Crippen molar-refractivity contribution in [3.8, 4) is 0 Å². The van der Waals surface area contributed by atoms with E-state index in [2.05, 4.69) is 19.4 Å². The molecule has 3 rings (SSSR count). The summed E-state index contributed by atoms with van der Waals surface area (Å²) in [4.78, 5) is 71.3. The number of carbonyl (C=O) groups is 3. The van der Waals surface area contributed by atoms with Crippen LogP contribution in [-0.2, 0) is 23.8 Å².